The van der Waals surface area contributed by atoms with E-state index in [1.54, 1.807) is 24.3 Å². The summed E-state index contributed by atoms with van der Waals surface area (Å²) in [6.45, 7) is 0. The maximum atomic E-state index is 12.6. The maximum absolute atomic E-state index is 12.6. The zero-order valence-corrected chi connectivity index (χ0v) is 16.8. The number of rotatable bonds is 5. The minimum Gasteiger partial charge on any atom is -0.494 e. The number of hydrogen-bond donors (Lipinski definition) is 4. The lowest BCUT2D eigenvalue weighted by Crippen LogP contribution is -2.12. The SMILES string of the molecule is Nc1ccccc1NC(=O)c1ccc(N=C(c2c(O)[nH]c3ccccc23)C2CC2)cc1. The van der Waals surface area contributed by atoms with Gasteiger partial charge in [-0.3, -0.25) is 9.79 Å². The van der Waals surface area contributed by atoms with E-state index < -0.39 is 0 Å². The molecule has 154 valence electrons. The number of nitrogen functional groups attached to an aromatic ring is 1. The number of aromatic hydroxyl groups is 1. The fourth-order valence-electron chi connectivity index (χ4n) is 3.73. The van der Waals surface area contributed by atoms with Crippen LogP contribution < -0.4 is 11.1 Å². The minimum atomic E-state index is -0.231. The van der Waals surface area contributed by atoms with Crippen molar-refractivity contribution >= 4 is 39.6 Å². The highest BCUT2D eigenvalue weighted by Crippen LogP contribution is 2.40. The fraction of sp³-hybridized carbons (Fsp3) is 0.120. The number of H-pyrrole nitrogens is 1. The first-order chi connectivity index (χ1) is 15.1. The van der Waals surface area contributed by atoms with Crippen LogP contribution in [0.25, 0.3) is 10.9 Å². The number of hydrogen-bond acceptors (Lipinski definition) is 4. The predicted molar refractivity (Wildman–Crippen MR) is 124 cm³/mol. The van der Waals surface area contributed by atoms with Gasteiger partial charge in [0.15, 0.2) is 5.88 Å². The van der Waals surface area contributed by atoms with Crippen LogP contribution in [-0.2, 0) is 0 Å². The molecule has 1 amide bonds. The topological polar surface area (TPSA) is 104 Å². The number of aliphatic imine (C=N–C) groups is 1. The number of aromatic nitrogens is 1. The first kappa shape index (κ1) is 18.9. The van der Waals surface area contributed by atoms with E-state index in [1.807, 2.05) is 48.5 Å². The number of nitrogens with one attached hydrogen (secondary N) is 2. The molecule has 1 aliphatic rings. The van der Waals surface area contributed by atoms with E-state index in [0.717, 1.165) is 40.7 Å². The molecule has 31 heavy (non-hydrogen) atoms. The molecule has 1 aromatic heterocycles. The van der Waals surface area contributed by atoms with E-state index in [4.69, 9.17) is 10.7 Å². The van der Waals surface area contributed by atoms with Crippen molar-refractivity contribution in [1.82, 2.24) is 4.98 Å². The largest absolute Gasteiger partial charge is 0.494 e. The molecule has 1 saturated carbocycles. The molecule has 0 aliphatic heterocycles. The minimum absolute atomic E-state index is 0.142. The summed E-state index contributed by atoms with van der Waals surface area (Å²) < 4.78 is 0. The van der Waals surface area contributed by atoms with E-state index in [0.29, 0.717) is 22.9 Å². The first-order valence-corrected chi connectivity index (χ1v) is 10.2. The van der Waals surface area contributed by atoms with Crippen molar-refractivity contribution in [3.63, 3.8) is 0 Å². The quantitative estimate of drug-likeness (QED) is 0.267. The van der Waals surface area contributed by atoms with Crippen LogP contribution in [-0.4, -0.2) is 21.7 Å². The van der Waals surface area contributed by atoms with E-state index in [1.165, 1.54) is 0 Å². The fourth-order valence-corrected chi connectivity index (χ4v) is 3.73. The van der Waals surface area contributed by atoms with Gasteiger partial charge in [-0.05, 0) is 55.3 Å². The number of anilines is 2. The summed E-state index contributed by atoms with van der Waals surface area (Å²) in [5.41, 5.74) is 10.8. The van der Waals surface area contributed by atoms with Gasteiger partial charge >= 0.3 is 0 Å². The zero-order chi connectivity index (χ0) is 21.4. The average Bonchev–Trinajstić information content (AvgIpc) is 3.56. The van der Waals surface area contributed by atoms with E-state index >= 15 is 0 Å². The van der Waals surface area contributed by atoms with Crippen LogP contribution in [0.2, 0.25) is 0 Å². The summed E-state index contributed by atoms with van der Waals surface area (Å²) in [4.78, 5) is 20.5. The van der Waals surface area contributed by atoms with Crippen LogP contribution in [0.4, 0.5) is 17.1 Å². The number of fused-ring (bicyclic) bond motifs is 1. The third kappa shape index (κ3) is 3.75. The van der Waals surface area contributed by atoms with Gasteiger partial charge in [-0.2, -0.15) is 0 Å². The molecule has 5 rings (SSSR count). The summed E-state index contributed by atoms with van der Waals surface area (Å²) in [5, 5.41) is 14.3. The van der Waals surface area contributed by atoms with E-state index in [9.17, 15) is 9.90 Å². The molecule has 1 aliphatic carbocycles. The number of carbonyl (C=O) groups is 1. The average molecular weight is 410 g/mol. The molecule has 0 atom stereocenters. The standard InChI is InChI=1S/C25H22N4O2/c26-19-6-2-4-8-21(19)29-24(30)16-11-13-17(14-12-16)27-23(15-9-10-15)22-18-5-1-3-7-20(18)28-25(22)31/h1-8,11-15,28,31H,9-10,26H2,(H,29,30). The lowest BCUT2D eigenvalue weighted by molar-refractivity contribution is 0.102. The van der Waals surface area contributed by atoms with E-state index in [-0.39, 0.29) is 11.8 Å². The molecule has 0 radical (unpaired) electrons. The Kier molecular flexibility index (Phi) is 4.67. The predicted octanol–water partition coefficient (Wildman–Crippen LogP) is 5.24. The number of nitrogens with zero attached hydrogens (tertiary/aromatic N) is 1. The van der Waals surface area contributed by atoms with E-state index in [2.05, 4.69) is 10.3 Å². The van der Waals surface area contributed by atoms with Gasteiger partial charge in [-0.1, -0.05) is 30.3 Å². The monoisotopic (exact) mass is 410 g/mol. The second-order valence-electron chi connectivity index (χ2n) is 7.75. The van der Waals surface area contributed by atoms with Crippen molar-refractivity contribution in [3.8, 4) is 5.88 Å². The van der Waals surface area contributed by atoms with Crippen molar-refractivity contribution in [2.24, 2.45) is 10.9 Å². The van der Waals surface area contributed by atoms with Crippen LogP contribution in [0.1, 0.15) is 28.8 Å². The second-order valence-corrected chi connectivity index (χ2v) is 7.75. The Bertz CT molecular complexity index is 1300. The van der Waals surface area contributed by atoms with Crippen LogP contribution in [0.15, 0.2) is 77.8 Å². The Labute approximate surface area is 179 Å². The van der Waals surface area contributed by atoms with Gasteiger partial charge in [-0.15, -0.1) is 0 Å². The molecule has 4 aromatic rings. The van der Waals surface area contributed by atoms with Crippen LogP contribution in [0.3, 0.4) is 0 Å². The number of carbonyl (C=O) groups excluding carboxylic acids is 1. The number of nitrogens with two attached hydrogens (primary N) is 1. The highest BCUT2D eigenvalue weighted by molar-refractivity contribution is 6.15. The maximum Gasteiger partial charge on any atom is 0.255 e. The number of benzene rings is 3. The molecule has 0 bridgehead atoms. The van der Waals surface area contributed by atoms with Crippen molar-refractivity contribution in [2.75, 3.05) is 11.1 Å². The van der Waals surface area contributed by atoms with Crippen LogP contribution in [0, 0.1) is 5.92 Å². The summed E-state index contributed by atoms with van der Waals surface area (Å²) in [6.07, 6.45) is 2.10. The Morgan fingerprint density at radius 2 is 1.71 bits per heavy atom. The smallest absolute Gasteiger partial charge is 0.255 e. The molecule has 0 unspecified atom stereocenters. The Morgan fingerprint density at radius 3 is 2.45 bits per heavy atom. The van der Waals surface area contributed by atoms with Crippen LogP contribution in [0.5, 0.6) is 5.88 Å². The molecule has 3 aromatic carbocycles. The highest BCUT2D eigenvalue weighted by atomic mass is 16.3. The number of aromatic amines is 1. The van der Waals surface area contributed by atoms with Gasteiger partial charge < -0.3 is 21.1 Å². The molecule has 6 heteroatoms. The summed E-state index contributed by atoms with van der Waals surface area (Å²) in [7, 11) is 0. The number of amides is 1. The Balaban J connectivity index is 1.44. The molecule has 1 fully saturated rings. The van der Waals surface area contributed by atoms with Gasteiger partial charge in [0, 0.05) is 22.4 Å². The molecule has 6 nitrogen and oxygen atoms in total. The lowest BCUT2D eigenvalue weighted by atomic mass is 10.0. The summed E-state index contributed by atoms with van der Waals surface area (Å²) in [6, 6.07) is 22.1. The van der Waals surface area contributed by atoms with Gasteiger partial charge in [0.2, 0.25) is 0 Å². The Morgan fingerprint density at radius 1 is 1.00 bits per heavy atom. The molecular formula is C25H22N4O2. The highest BCUT2D eigenvalue weighted by Gasteiger charge is 2.32. The van der Waals surface area contributed by atoms with Crippen molar-refractivity contribution < 1.29 is 9.90 Å². The van der Waals surface area contributed by atoms with Gasteiger partial charge in [0.1, 0.15) is 0 Å². The summed E-state index contributed by atoms with van der Waals surface area (Å²) >= 11 is 0. The number of para-hydroxylation sites is 3. The lowest BCUT2D eigenvalue weighted by Gasteiger charge is -2.09. The second kappa shape index (κ2) is 7.65. The van der Waals surface area contributed by atoms with Crippen molar-refractivity contribution in [3.05, 3.63) is 83.9 Å². The van der Waals surface area contributed by atoms with Gasteiger partial charge in [0.05, 0.1) is 28.3 Å². The summed E-state index contributed by atoms with van der Waals surface area (Å²) in [5.74, 6) is 0.238. The van der Waals surface area contributed by atoms with Crippen molar-refractivity contribution in [1.29, 1.82) is 0 Å². The molecule has 0 spiro atoms. The van der Waals surface area contributed by atoms with Crippen molar-refractivity contribution in [2.45, 2.75) is 12.8 Å². The molecular weight excluding hydrogens is 388 g/mol. The van der Waals surface area contributed by atoms with Gasteiger partial charge in [-0.25, -0.2) is 0 Å². The van der Waals surface area contributed by atoms with Gasteiger partial charge in [0.25, 0.3) is 5.91 Å². The Hall–Kier alpha value is -4.06. The molecule has 5 N–H and O–H groups in total. The third-order valence-corrected chi connectivity index (χ3v) is 5.49. The zero-order valence-electron chi connectivity index (χ0n) is 16.8. The first-order valence-electron chi connectivity index (χ1n) is 10.2. The molecule has 1 heterocycles. The molecule has 0 saturated heterocycles. The normalized spacial score (nSPS) is 14.0. The van der Waals surface area contributed by atoms with Crippen LogP contribution >= 0.6 is 0 Å². The third-order valence-electron chi connectivity index (χ3n) is 5.49.